The SMILES string of the molecule is CS(=O)(=O)Oc1cc(Br)ccc1C(=O)NC1CCCCC1N. The number of amides is 1. The number of hydrogen-bond acceptors (Lipinski definition) is 5. The second kappa shape index (κ2) is 6.97. The molecule has 0 saturated heterocycles. The van der Waals surface area contributed by atoms with Crippen LogP contribution in [0.1, 0.15) is 36.0 Å². The molecule has 0 aliphatic heterocycles. The molecule has 2 rings (SSSR count). The Labute approximate surface area is 138 Å². The minimum absolute atomic E-state index is 0.00115. The average Bonchev–Trinajstić information content (AvgIpc) is 2.39. The third-order valence-corrected chi connectivity index (χ3v) is 4.54. The van der Waals surface area contributed by atoms with Gasteiger partial charge in [-0.05, 0) is 31.0 Å². The van der Waals surface area contributed by atoms with Gasteiger partial charge in [-0.3, -0.25) is 4.79 Å². The number of nitrogens with one attached hydrogen (secondary N) is 1. The smallest absolute Gasteiger partial charge is 0.306 e. The lowest BCUT2D eigenvalue weighted by molar-refractivity contribution is 0.0919. The van der Waals surface area contributed by atoms with Crippen molar-refractivity contribution in [3.63, 3.8) is 0 Å². The van der Waals surface area contributed by atoms with Crippen molar-refractivity contribution in [2.75, 3.05) is 6.26 Å². The molecule has 0 heterocycles. The Hall–Kier alpha value is -1.12. The lowest BCUT2D eigenvalue weighted by Gasteiger charge is -2.29. The van der Waals surface area contributed by atoms with Crippen molar-refractivity contribution >= 4 is 32.0 Å². The maximum atomic E-state index is 12.4. The molecule has 3 N–H and O–H groups in total. The van der Waals surface area contributed by atoms with Crippen molar-refractivity contribution in [2.45, 2.75) is 37.8 Å². The largest absolute Gasteiger partial charge is 0.382 e. The Balaban J connectivity index is 2.21. The second-order valence-corrected chi connectivity index (χ2v) is 7.95. The van der Waals surface area contributed by atoms with Gasteiger partial charge in [-0.1, -0.05) is 28.8 Å². The number of carbonyl (C=O) groups excluding carboxylic acids is 1. The highest BCUT2D eigenvalue weighted by molar-refractivity contribution is 9.10. The summed E-state index contributed by atoms with van der Waals surface area (Å²) in [5.41, 5.74) is 6.19. The number of benzene rings is 1. The summed E-state index contributed by atoms with van der Waals surface area (Å²) < 4.78 is 28.2. The van der Waals surface area contributed by atoms with Gasteiger partial charge >= 0.3 is 10.1 Å². The molecule has 1 aliphatic rings. The molecule has 1 saturated carbocycles. The predicted molar refractivity (Wildman–Crippen MR) is 87.3 cm³/mol. The van der Waals surface area contributed by atoms with E-state index in [1.54, 1.807) is 6.07 Å². The summed E-state index contributed by atoms with van der Waals surface area (Å²) in [5, 5.41) is 2.88. The number of carbonyl (C=O) groups is 1. The van der Waals surface area contributed by atoms with Crippen LogP contribution in [0.15, 0.2) is 22.7 Å². The number of rotatable bonds is 4. The summed E-state index contributed by atoms with van der Waals surface area (Å²) in [7, 11) is -3.72. The van der Waals surface area contributed by atoms with Gasteiger partial charge in [0.25, 0.3) is 5.91 Å². The Kier molecular flexibility index (Phi) is 5.46. The first kappa shape index (κ1) is 17.2. The Morgan fingerprint density at radius 3 is 2.68 bits per heavy atom. The van der Waals surface area contributed by atoms with E-state index in [2.05, 4.69) is 21.2 Å². The van der Waals surface area contributed by atoms with Crippen molar-refractivity contribution in [2.24, 2.45) is 5.73 Å². The minimum Gasteiger partial charge on any atom is -0.382 e. The lowest BCUT2D eigenvalue weighted by atomic mass is 9.91. The van der Waals surface area contributed by atoms with Gasteiger partial charge in [0.1, 0.15) is 0 Å². The van der Waals surface area contributed by atoms with Gasteiger partial charge in [0, 0.05) is 16.6 Å². The normalized spacial score (nSPS) is 22.1. The summed E-state index contributed by atoms with van der Waals surface area (Å²) in [6, 6.07) is 4.46. The molecule has 0 bridgehead atoms. The van der Waals surface area contributed by atoms with Gasteiger partial charge in [-0.15, -0.1) is 0 Å². The van der Waals surface area contributed by atoms with Gasteiger partial charge in [0.15, 0.2) is 5.75 Å². The standard InChI is InChI=1S/C14H19BrN2O4S/c1-22(19,20)21-13-8-9(15)6-7-10(13)14(18)17-12-5-3-2-4-11(12)16/h6-8,11-12H,2-5,16H2,1H3,(H,17,18). The first-order valence-corrected chi connectivity index (χ1v) is 9.62. The van der Waals surface area contributed by atoms with Crippen LogP contribution in [0.3, 0.4) is 0 Å². The summed E-state index contributed by atoms with van der Waals surface area (Å²) in [6.45, 7) is 0. The number of hydrogen-bond donors (Lipinski definition) is 2. The van der Waals surface area contributed by atoms with E-state index >= 15 is 0 Å². The van der Waals surface area contributed by atoms with Gasteiger partial charge in [0.05, 0.1) is 11.8 Å². The van der Waals surface area contributed by atoms with Gasteiger partial charge in [-0.25, -0.2) is 0 Å². The molecule has 1 aromatic carbocycles. The minimum atomic E-state index is -3.72. The zero-order valence-corrected chi connectivity index (χ0v) is 14.6. The zero-order chi connectivity index (χ0) is 16.3. The van der Waals surface area contributed by atoms with Crippen molar-refractivity contribution < 1.29 is 17.4 Å². The molecule has 8 heteroatoms. The molecular formula is C14H19BrN2O4S. The Morgan fingerprint density at radius 2 is 2.05 bits per heavy atom. The third-order valence-electron chi connectivity index (χ3n) is 3.57. The van der Waals surface area contributed by atoms with Crippen LogP contribution < -0.4 is 15.2 Å². The zero-order valence-electron chi connectivity index (χ0n) is 12.2. The van der Waals surface area contributed by atoms with E-state index in [1.807, 2.05) is 0 Å². The fourth-order valence-electron chi connectivity index (χ4n) is 2.50. The Morgan fingerprint density at radius 1 is 1.36 bits per heavy atom. The first-order valence-electron chi connectivity index (χ1n) is 7.02. The highest BCUT2D eigenvalue weighted by Crippen LogP contribution is 2.26. The van der Waals surface area contributed by atoms with Crippen molar-refractivity contribution in [1.82, 2.24) is 5.32 Å². The van der Waals surface area contributed by atoms with Gasteiger partial charge in [0.2, 0.25) is 0 Å². The molecule has 6 nitrogen and oxygen atoms in total. The monoisotopic (exact) mass is 390 g/mol. The molecule has 22 heavy (non-hydrogen) atoms. The quantitative estimate of drug-likeness (QED) is 0.763. The van der Waals surface area contributed by atoms with E-state index in [0.717, 1.165) is 31.9 Å². The van der Waals surface area contributed by atoms with Crippen molar-refractivity contribution in [3.8, 4) is 5.75 Å². The fourth-order valence-corrected chi connectivity index (χ4v) is 3.30. The topological polar surface area (TPSA) is 98.5 Å². The van der Waals surface area contributed by atoms with Crippen LogP contribution in [-0.4, -0.2) is 32.7 Å². The molecule has 0 spiro atoms. The van der Waals surface area contributed by atoms with E-state index < -0.39 is 10.1 Å². The van der Waals surface area contributed by atoms with Gasteiger partial charge in [-0.2, -0.15) is 8.42 Å². The Bertz CT molecular complexity index is 663. The molecule has 122 valence electrons. The third kappa shape index (κ3) is 4.69. The van der Waals surface area contributed by atoms with Crippen LogP contribution in [-0.2, 0) is 10.1 Å². The molecule has 0 radical (unpaired) electrons. The van der Waals surface area contributed by atoms with Crippen LogP contribution >= 0.6 is 15.9 Å². The summed E-state index contributed by atoms with van der Waals surface area (Å²) in [5.74, 6) is -0.382. The van der Waals surface area contributed by atoms with Crippen LogP contribution in [0.2, 0.25) is 0 Å². The van der Waals surface area contributed by atoms with E-state index in [4.69, 9.17) is 9.92 Å². The van der Waals surface area contributed by atoms with Crippen LogP contribution in [0.25, 0.3) is 0 Å². The highest BCUT2D eigenvalue weighted by Gasteiger charge is 2.25. The van der Waals surface area contributed by atoms with Crippen LogP contribution in [0, 0.1) is 0 Å². The summed E-state index contributed by atoms with van der Waals surface area (Å²) in [6.07, 6.45) is 4.72. The first-order chi connectivity index (χ1) is 10.3. The molecule has 1 amide bonds. The van der Waals surface area contributed by atoms with Crippen LogP contribution in [0.5, 0.6) is 5.75 Å². The number of halogens is 1. The summed E-state index contributed by atoms with van der Waals surface area (Å²) in [4.78, 5) is 12.4. The highest BCUT2D eigenvalue weighted by atomic mass is 79.9. The second-order valence-electron chi connectivity index (χ2n) is 5.46. The maximum Gasteiger partial charge on any atom is 0.306 e. The maximum absolute atomic E-state index is 12.4. The van der Waals surface area contributed by atoms with E-state index in [9.17, 15) is 13.2 Å². The molecule has 1 fully saturated rings. The van der Waals surface area contributed by atoms with E-state index in [1.165, 1.54) is 12.1 Å². The molecule has 0 aromatic heterocycles. The van der Waals surface area contributed by atoms with E-state index in [0.29, 0.717) is 4.47 Å². The average molecular weight is 391 g/mol. The van der Waals surface area contributed by atoms with Gasteiger partial charge < -0.3 is 15.2 Å². The predicted octanol–water partition coefficient (Wildman–Crippen LogP) is 1.79. The number of nitrogens with two attached hydrogens (primary N) is 1. The van der Waals surface area contributed by atoms with Crippen molar-refractivity contribution in [1.29, 1.82) is 0 Å². The molecular weight excluding hydrogens is 372 g/mol. The van der Waals surface area contributed by atoms with Crippen molar-refractivity contribution in [3.05, 3.63) is 28.2 Å². The summed E-state index contributed by atoms with van der Waals surface area (Å²) >= 11 is 3.23. The molecule has 2 atom stereocenters. The lowest BCUT2D eigenvalue weighted by Crippen LogP contribution is -2.49. The fraction of sp³-hybridized carbons (Fsp3) is 0.500. The van der Waals surface area contributed by atoms with E-state index in [-0.39, 0.29) is 29.3 Å². The molecule has 2 unspecified atom stereocenters. The van der Waals surface area contributed by atoms with Crippen LogP contribution in [0.4, 0.5) is 0 Å². The molecule has 1 aromatic rings. The molecule has 1 aliphatic carbocycles.